The molecule has 0 aromatic carbocycles. The second kappa shape index (κ2) is 10.6. The maximum atomic E-state index is 12.7. The number of amides is 3. The fourth-order valence-electron chi connectivity index (χ4n) is 4.09. The number of Topliss-reactive ketones (excluding diaryl/α,β-unsaturated/α-hetero) is 1. The van der Waals surface area contributed by atoms with Gasteiger partial charge in [0, 0.05) is 50.1 Å². The predicted molar refractivity (Wildman–Crippen MR) is 115 cm³/mol. The van der Waals surface area contributed by atoms with Crippen LogP contribution in [-0.2, 0) is 19.2 Å². The van der Waals surface area contributed by atoms with E-state index >= 15 is 0 Å². The first-order valence-corrected chi connectivity index (χ1v) is 11.9. The SMILES string of the molecule is CC(C)C(=O)[C@H]1CC[C@H](CN2C(=O)CC(SCCC(=O)N(C)C(C)C)C2=O)CC1. The molecule has 2 aliphatic rings. The molecule has 1 unspecified atom stereocenters. The highest BCUT2D eigenvalue weighted by Gasteiger charge is 2.40. The summed E-state index contributed by atoms with van der Waals surface area (Å²) in [6.07, 6.45) is 4.13. The molecule has 0 N–H and O–H groups in total. The van der Waals surface area contributed by atoms with E-state index in [1.54, 1.807) is 11.9 Å². The number of carbonyl (C=O) groups excluding carboxylic acids is 4. The van der Waals surface area contributed by atoms with Gasteiger partial charge in [-0.2, -0.15) is 0 Å². The second-order valence-electron chi connectivity index (χ2n) is 9.03. The van der Waals surface area contributed by atoms with E-state index in [2.05, 4.69) is 0 Å². The first kappa shape index (κ1) is 23.9. The van der Waals surface area contributed by atoms with Crippen molar-refractivity contribution in [2.75, 3.05) is 19.3 Å². The van der Waals surface area contributed by atoms with Gasteiger partial charge in [-0.05, 0) is 45.4 Å². The van der Waals surface area contributed by atoms with E-state index in [9.17, 15) is 19.2 Å². The zero-order valence-corrected chi connectivity index (χ0v) is 19.3. The van der Waals surface area contributed by atoms with Crippen molar-refractivity contribution in [3.63, 3.8) is 0 Å². The van der Waals surface area contributed by atoms with E-state index in [0.717, 1.165) is 25.7 Å². The number of imide groups is 1. The van der Waals surface area contributed by atoms with Crippen molar-refractivity contribution in [2.24, 2.45) is 17.8 Å². The standard InChI is InChI=1S/C22H36N2O4S/c1-14(2)21(27)17-8-6-16(7-9-17)13-24-20(26)12-18(22(24)28)29-11-10-19(25)23(5)15(3)4/h14-18H,6-13H2,1-5H3/t16-,17-,18?. The average Bonchev–Trinajstić information content (AvgIpc) is 2.94. The van der Waals surface area contributed by atoms with Crippen LogP contribution in [0.25, 0.3) is 0 Å². The van der Waals surface area contributed by atoms with Crippen molar-refractivity contribution < 1.29 is 19.2 Å². The third kappa shape index (κ3) is 6.30. The van der Waals surface area contributed by atoms with Gasteiger partial charge in [0.15, 0.2) is 0 Å². The lowest BCUT2D eigenvalue weighted by Gasteiger charge is -2.30. The first-order chi connectivity index (χ1) is 13.6. The zero-order chi connectivity index (χ0) is 21.7. The van der Waals surface area contributed by atoms with Crippen LogP contribution in [0.4, 0.5) is 0 Å². The molecule has 1 saturated carbocycles. The van der Waals surface area contributed by atoms with Crippen LogP contribution in [0.1, 0.15) is 66.2 Å². The van der Waals surface area contributed by atoms with Gasteiger partial charge >= 0.3 is 0 Å². The van der Waals surface area contributed by atoms with E-state index in [1.165, 1.54) is 16.7 Å². The molecular weight excluding hydrogens is 388 g/mol. The third-order valence-electron chi connectivity index (χ3n) is 6.26. The lowest BCUT2D eigenvalue weighted by molar-refractivity contribution is -0.139. The van der Waals surface area contributed by atoms with E-state index in [-0.39, 0.29) is 47.3 Å². The molecule has 1 heterocycles. The number of ketones is 1. The molecule has 1 aliphatic carbocycles. The highest BCUT2D eigenvalue weighted by Crippen LogP contribution is 2.33. The van der Waals surface area contributed by atoms with E-state index < -0.39 is 0 Å². The Morgan fingerprint density at radius 2 is 1.72 bits per heavy atom. The molecule has 29 heavy (non-hydrogen) atoms. The van der Waals surface area contributed by atoms with Crippen LogP contribution in [0.5, 0.6) is 0 Å². The van der Waals surface area contributed by atoms with Crippen molar-refractivity contribution in [3.05, 3.63) is 0 Å². The number of nitrogens with zero attached hydrogens (tertiary/aromatic N) is 2. The maximum absolute atomic E-state index is 12.7. The highest BCUT2D eigenvalue weighted by atomic mass is 32.2. The van der Waals surface area contributed by atoms with Crippen molar-refractivity contribution in [1.82, 2.24) is 9.80 Å². The number of hydrogen-bond acceptors (Lipinski definition) is 5. The highest BCUT2D eigenvalue weighted by molar-refractivity contribution is 8.00. The number of hydrogen-bond donors (Lipinski definition) is 0. The Labute approximate surface area is 179 Å². The molecule has 1 aliphatic heterocycles. The zero-order valence-electron chi connectivity index (χ0n) is 18.5. The van der Waals surface area contributed by atoms with E-state index in [1.807, 2.05) is 27.7 Å². The van der Waals surface area contributed by atoms with Crippen molar-refractivity contribution in [2.45, 2.75) is 77.5 Å². The molecule has 2 rings (SSSR count). The number of carbonyl (C=O) groups is 4. The molecule has 1 atom stereocenters. The van der Waals surface area contributed by atoms with Gasteiger partial charge in [0.2, 0.25) is 17.7 Å². The molecule has 7 heteroatoms. The van der Waals surface area contributed by atoms with Crippen LogP contribution in [0.15, 0.2) is 0 Å². The lowest BCUT2D eigenvalue weighted by Crippen LogP contribution is -2.37. The van der Waals surface area contributed by atoms with Crippen molar-refractivity contribution in [1.29, 1.82) is 0 Å². The van der Waals surface area contributed by atoms with Crippen molar-refractivity contribution >= 4 is 35.3 Å². The molecule has 0 aromatic heterocycles. The Balaban J connectivity index is 1.78. The summed E-state index contributed by atoms with van der Waals surface area (Å²) >= 11 is 1.42. The van der Waals surface area contributed by atoms with Crippen LogP contribution in [0, 0.1) is 17.8 Å². The fraction of sp³-hybridized carbons (Fsp3) is 0.818. The lowest BCUT2D eigenvalue weighted by atomic mass is 9.77. The molecule has 3 amide bonds. The summed E-state index contributed by atoms with van der Waals surface area (Å²) < 4.78 is 0. The molecule has 2 fully saturated rings. The minimum absolute atomic E-state index is 0.0637. The molecular formula is C22H36N2O4S. The Morgan fingerprint density at radius 3 is 2.28 bits per heavy atom. The Kier molecular flexibility index (Phi) is 8.73. The normalized spacial score (nSPS) is 25.2. The van der Waals surface area contributed by atoms with Gasteiger partial charge < -0.3 is 4.90 Å². The predicted octanol–water partition coefficient (Wildman–Crippen LogP) is 3.14. The van der Waals surface area contributed by atoms with E-state index in [4.69, 9.17) is 0 Å². The molecule has 6 nitrogen and oxygen atoms in total. The Hall–Kier alpha value is -1.37. The van der Waals surface area contributed by atoms with Gasteiger partial charge in [-0.15, -0.1) is 11.8 Å². The molecule has 0 bridgehead atoms. The average molecular weight is 425 g/mol. The minimum Gasteiger partial charge on any atom is -0.343 e. The monoisotopic (exact) mass is 424 g/mol. The molecule has 0 aromatic rings. The molecule has 0 radical (unpaired) electrons. The summed E-state index contributed by atoms with van der Waals surface area (Å²) in [4.78, 5) is 52.5. The smallest absolute Gasteiger partial charge is 0.242 e. The quantitative estimate of drug-likeness (QED) is 0.532. The summed E-state index contributed by atoms with van der Waals surface area (Å²) in [7, 11) is 1.78. The fourth-order valence-corrected chi connectivity index (χ4v) is 5.19. The molecule has 164 valence electrons. The van der Waals surface area contributed by atoms with Gasteiger partial charge in [0.25, 0.3) is 0 Å². The topological polar surface area (TPSA) is 74.8 Å². The summed E-state index contributed by atoms with van der Waals surface area (Å²) in [6, 6.07) is 0.156. The van der Waals surface area contributed by atoms with Crippen LogP contribution < -0.4 is 0 Å². The summed E-state index contributed by atoms with van der Waals surface area (Å²) in [6.45, 7) is 8.30. The van der Waals surface area contributed by atoms with Gasteiger partial charge in [-0.3, -0.25) is 24.1 Å². The van der Waals surface area contributed by atoms with Crippen LogP contribution in [0.3, 0.4) is 0 Å². The summed E-state index contributed by atoms with van der Waals surface area (Å²) in [5, 5.41) is -0.362. The summed E-state index contributed by atoms with van der Waals surface area (Å²) in [5.74, 6) is 1.26. The van der Waals surface area contributed by atoms with Gasteiger partial charge in [0.05, 0.1) is 5.25 Å². The first-order valence-electron chi connectivity index (χ1n) is 10.9. The second-order valence-corrected chi connectivity index (χ2v) is 10.3. The number of likely N-dealkylation sites (tertiary alicyclic amines) is 1. The maximum Gasteiger partial charge on any atom is 0.242 e. The largest absolute Gasteiger partial charge is 0.343 e. The van der Waals surface area contributed by atoms with Gasteiger partial charge in [0.1, 0.15) is 5.78 Å². The minimum atomic E-state index is -0.362. The number of rotatable bonds is 9. The van der Waals surface area contributed by atoms with Crippen LogP contribution in [0.2, 0.25) is 0 Å². The number of thioether (sulfide) groups is 1. The molecule has 1 saturated heterocycles. The van der Waals surface area contributed by atoms with Gasteiger partial charge in [-0.25, -0.2) is 0 Å². The van der Waals surface area contributed by atoms with Crippen molar-refractivity contribution in [3.8, 4) is 0 Å². The van der Waals surface area contributed by atoms with Crippen LogP contribution >= 0.6 is 11.8 Å². The Morgan fingerprint density at radius 1 is 1.10 bits per heavy atom. The Bertz CT molecular complexity index is 626. The summed E-state index contributed by atoms with van der Waals surface area (Å²) in [5.41, 5.74) is 0. The molecule has 0 spiro atoms. The third-order valence-corrected chi connectivity index (χ3v) is 7.47. The van der Waals surface area contributed by atoms with Crippen LogP contribution in [-0.4, -0.2) is 63.9 Å². The van der Waals surface area contributed by atoms with Gasteiger partial charge in [-0.1, -0.05) is 13.8 Å². The van der Waals surface area contributed by atoms with E-state index in [0.29, 0.717) is 30.4 Å².